The second kappa shape index (κ2) is 11.0. The van der Waals surface area contributed by atoms with Crippen molar-refractivity contribution in [1.29, 1.82) is 0 Å². The molecule has 2 aromatic carbocycles. The summed E-state index contributed by atoms with van der Waals surface area (Å²) in [4.78, 5) is 38.0. The summed E-state index contributed by atoms with van der Waals surface area (Å²) in [5, 5.41) is 9.02. The number of nitrogens with zero attached hydrogens (tertiary/aromatic N) is 1. The molecular weight excluding hydrogens is 449 g/mol. The minimum atomic E-state index is -0.776. The number of rotatable bonds is 7. The van der Waals surface area contributed by atoms with E-state index in [0.29, 0.717) is 31.5 Å². The molecule has 1 aliphatic heterocycles. The Morgan fingerprint density at radius 1 is 1.09 bits per heavy atom. The van der Waals surface area contributed by atoms with Gasteiger partial charge in [0, 0.05) is 32.4 Å². The Morgan fingerprint density at radius 2 is 1.89 bits per heavy atom. The average molecular weight is 482 g/mol. The fourth-order valence-corrected chi connectivity index (χ4v) is 5.31. The first-order valence-corrected chi connectivity index (χ1v) is 12.3. The van der Waals surface area contributed by atoms with Crippen molar-refractivity contribution in [3.63, 3.8) is 0 Å². The monoisotopic (exact) mass is 481 g/mol. The van der Waals surface area contributed by atoms with Crippen molar-refractivity contribution in [3.8, 4) is 0 Å². The average Bonchev–Trinajstić information content (AvgIpc) is 2.81. The minimum Gasteiger partial charge on any atom is -0.481 e. The smallest absolute Gasteiger partial charge is 0.410 e. The lowest BCUT2D eigenvalue weighted by Crippen LogP contribution is -2.41. The zero-order chi connectivity index (χ0) is 24.9. The van der Waals surface area contributed by atoms with Gasteiger partial charge in [0.25, 0.3) is 0 Å². The number of hydrogen-bond acceptors (Lipinski definition) is 4. The van der Waals surface area contributed by atoms with E-state index in [1.54, 1.807) is 23.1 Å². The Balaban J connectivity index is 1.30. The Bertz CT molecular complexity index is 1100. The van der Waals surface area contributed by atoms with Gasteiger partial charge >= 0.3 is 12.1 Å². The lowest BCUT2D eigenvalue weighted by Gasteiger charge is -2.35. The van der Waals surface area contributed by atoms with Crippen LogP contribution in [0.1, 0.15) is 54.9 Å². The van der Waals surface area contributed by atoms with Gasteiger partial charge in [0.2, 0.25) is 0 Å². The van der Waals surface area contributed by atoms with E-state index < -0.39 is 5.97 Å². The van der Waals surface area contributed by atoms with Crippen LogP contribution in [-0.4, -0.2) is 40.5 Å². The lowest BCUT2D eigenvalue weighted by molar-refractivity contribution is -0.138. The number of carboxylic acid groups (broad SMARTS) is 1. The van der Waals surface area contributed by atoms with E-state index in [1.165, 1.54) is 6.07 Å². The van der Waals surface area contributed by atoms with E-state index in [4.69, 9.17) is 9.84 Å². The van der Waals surface area contributed by atoms with Gasteiger partial charge in [-0.15, -0.1) is 0 Å². The first-order valence-electron chi connectivity index (χ1n) is 12.3. The van der Waals surface area contributed by atoms with Gasteiger partial charge in [-0.05, 0) is 65.8 Å². The van der Waals surface area contributed by atoms with Crippen molar-refractivity contribution in [2.75, 3.05) is 6.54 Å². The molecule has 1 amide bonds. The maximum absolute atomic E-state index is 13.8. The molecule has 186 valence electrons. The maximum Gasteiger partial charge on any atom is 0.410 e. The predicted octanol–water partition coefficient (Wildman–Crippen LogP) is 4.95. The van der Waals surface area contributed by atoms with E-state index >= 15 is 0 Å². The summed E-state index contributed by atoms with van der Waals surface area (Å²) in [5.41, 5.74) is 3.46. The van der Waals surface area contributed by atoms with Crippen LogP contribution in [0.5, 0.6) is 0 Å². The standard InChI is InChI=1S/C28H32FNO5/c1-18-12-19(15-27(32)33)7-9-26(18)35-28(34)30-11-10-21-13-20(6-8-23(21)17-30)14-24(31)16-22-4-2-3-5-25(22)29/h2-6,8,13,18-19,26H,7,9-12,14-17H2,1H3,(H,32,33)/t18-,19+,26+/m0/s1. The molecule has 0 aromatic heterocycles. The van der Waals surface area contributed by atoms with Crippen molar-refractivity contribution in [1.82, 2.24) is 4.90 Å². The van der Waals surface area contributed by atoms with Crippen molar-refractivity contribution < 1.29 is 28.6 Å². The highest BCUT2D eigenvalue weighted by atomic mass is 19.1. The fourth-order valence-electron chi connectivity index (χ4n) is 5.31. The van der Waals surface area contributed by atoms with Crippen molar-refractivity contribution in [2.24, 2.45) is 11.8 Å². The van der Waals surface area contributed by atoms with Crippen LogP contribution in [-0.2, 0) is 40.1 Å². The summed E-state index contributed by atoms with van der Waals surface area (Å²) in [6.07, 6.45) is 2.87. The number of halogens is 1. The van der Waals surface area contributed by atoms with Crippen molar-refractivity contribution in [2.45, 2.75) is 64.5 Å². The van der Waals surface area contributed by atoms with Crippen molar-refractivity contribution >= 4 is 17.8 Å². The van der Waals surface area contributed by atoms with Gasteiger partial charge in [-0.1, -0.05) is 43.3 Å². The molecule has 2 aliphatic rings. The first kappa shape index (κ1) is 24.9. The molecule has 0 unspecified atom stereocenters. The molecule has 1 N–H and O–H groups in total. The van der Waals surface area contributed by atoms with Crippen LogP contribution >= 0.6 is 0 Å². The summed E-state index contributed by atoms with van der Waals surface area (Å²) in [7, 11) is 0. The van der Waals surface area contributed by atoms with E-state index in [-0.39, 0.29) is 54.9 Å². The third-order valence-electron chi connectivity index (χ3n) is 7.20. The minimum absolute atomic E-state index is 0.0386. The van der Waals surface area contributed by atoms with Gasteiger partial charge in [0.05, 0.1) is 0 Å². The molecule has 3 atom stereocenters. The van der Waals surface area contributed by atoms with Crippen LogP contribution in [0.15, 0.2) is 42.5 Å². The van der Waals surface area contributed by atoms with E-state index in [2.05, 4.69) is 0 Å². The largest absolute Gasteiger partial charge is 0.481 e. The number of ketones is 1. The van der Waals surface area contributed by atoms with Gasteiger partial charge in [0.15, 0.2) is 0 Å². The highest BCUT2D eigenvalue weighted by Gasteiger charge is 2.33. The van der Waals surface area contributed by atoms with Gasteiger partial charge in [-0.2, -0.15) is 0 Å². The quantitative estimate of drug-likeness (QED) is 0.605. The molecule has 1 saturated carbocycles. The Labute approximate surface area is 205 Å². The molecule has 6 nitrogen and oxygen atoms in total. The number of hydrogen-bond donors (Lipinski definition) is 1. The molecule has 0 saturated heterocycles. The van der Waals surface area contributed by atoms with Crippen LogP contribution in [0.4, 0.5) is 9.18 Å². The number of aliphatic carboxylic acids is 1. The highest BCUT2D eigenvalue weighted by molar-refractivity contribution is 5.83. The zero-order valence-electron chi connectivity index (χ0n) is 20.0. The molecule has 0 spiro atoms. The molecule has 4 rings (SSSR count). The lowest BCUT2D eigenvalue weighted by atomic mass is 9.79. The van der Waals surface area contributed by atoms with Gasteiger partial charge < -0.3 is 14.7 Å². The van der Waals surface area contributed by atoms with E-state index in [1.807, 2.05) is 25.1 Å². The molecule has 0 bridgehead atoms. The van der Waals surface area contributed by atoms with Crippen LogP contribution in [0.25, 0.3) is 0 Å². The summed E-state index contributed by atoms with van der Waals surface area (Å²) in [6, 6.07) is 12.2. The van der Waals surface area contributed by atoms with Crippen LogP contribution in [0.3, 0.4) is 0 Å². The van der Waals surface area contributed by atoms with Gasteiger partial charge in [0.1, 0.15) is 17.7 Å². The second-order valence-corrected chi connectivity index (χ2v) is 9.93. The Hall–Kier alpha value is -3.22. The molecule has 1 aliphatic carbocycles. The number of Topliss-reactive ketones (excluding diaryl/α,β-unsaturated/α-hetero) is 1. The topological polar surface area (TPSA) is 83.9 Å². The highest BCUT2D eigenvalue weighted by Crippen LogP contribution is 2.33. The third-order valence-corrected chi connectivity index (χ3v) is 7.20. The molecule has 0 radical (unpaired) electrons. The summed E-state index contributed by atoms with van der Waals surface area (Å²) in [5.74, 6) is -0.892. The molecular formula is C28H32FNO5. The first-order chi connectivity index (χ1) is 16.8. The summed E-state index contributed by atoms with van der Waals surface area (Å²) < 4.78 is 19.6. The van der Waals surface area contributed by atoms with Crippen LogP contribution < -0.4 is 0 Å². The summed E-state index contributed by atoms with van der Waals surface area (Å²) in [6.45, 7) is 3.02. The SMILES string of the molecule is C[C@H]1C[C@H](CC(=O)O)CC[C@H]1OC(=O)N1CCc2cc(CC(=O)Cc3ccccc3F)ccc2C1. The van der Waals surface area contributed by atoms with Crippen molar-refractivity contribution in [3.05, 3.63) is 70.5 Å². The van der Waals surface area contributed by atoms with E-state index in [9.17, 15) is 18.8 Å². The van der Waals surface area contributed by atoms with Gasteiger partial charge in [-0.25, -0.2) is 9.18 Å². The molecule has 35 heavy (non-hydrogen) atoms. The number of ether oxygens (including phenoxy) is 1. The molecule has 1 fully saturated rings. The van der Waals surface area contributed by atoms with E-state index in [0.717, 1.165) is 29.5 Å². The van der Waals surface area contributed by atoms with Crippen LogP contribution in [0.2, 0.25) is 0 Å². The third kappa shape index (κ3) is 6.47. The van der Waals surface area contributed by atoms with Gasteiger partial charge in [-0.3, -0.25) is 9.59 Å². The molecule has 2 aromatic rings. The second-order valence-electron chi connectivity index (χ2n) is 9.93. The Morgan fingerprint density at radius 3 is 2.63 bits per heavy atom. The van der Waals surface area contributed by atoms with Crippen LogP contribution in [0, 0.1) is 17.7 Å². The predicted molar refractivity (Wildman–Crippen MR) is 128 cm³/mol. The number of benzene rings is 2. The molecule has 7 heteroatoms. The summed E-state index contributed by atoms with van der Waals surface area (Å²) >= 11 is 0. The number of carboxylic acids is 1. The molecule has 1 heterocycles. The number of amides is 1. The number of carbonyl (C=O) groups excluding carboxylic acids is 2. The zero-order valence-corrected chi connectivity index (χ0v) is 20.0. The number of carbonyl (C=O) groups is 3. The maximum atomic E-state index is 13.8. The normalized spacial score (nSPS) is 21.8. The number of fused-ring (bicyclic) bond motifs is 1. The fraction of sp³-hybridized carbons (Fsp3) is 0.464. The Kier molecular flexibility index (Phi) is 7.83.